The van der Waals surface area contributed by atoms with Crippen molar-refractivity contribution in [1.82, 2.24) is 4.57 Å². The zero-order valence-electron chi connectivity index (χ0n) is 18.6. The summed E-state index contributed by atoms with van der Waals surface area (Å²) < 4.78 is 4.80. The smallest absolute Gasteiger partial charge is 0.256 e. The first kappa shape index (κ1) is 23.2. The highest BCUT2D eigenvalue weighted by Gasteiger charge is 2.20. The van der Waals surface area contributed by atoms with Crippen LogP contribution in [0.5, 0.6) is 0 Å². The van der Waals surface area contributed by atoms with E-state index in [0.29, 0.717) is 0 Å². The second kappa shape index (κ2) is 12.5. The summed E-state index contributed by atoms with van der Waals surface area (Å²) in [6.45, 7) is 8.50. The van der Waals surface area contributed by atoms with Crippen LogP contribution in [0.1, 0.15) is 99.1 Å². The molecule has 29 heavy (non-hydrogen) atoms. The van der Waals surface area contributed by atoms with Gasteiger partial charge in [-0.25, -0.2) is 9.13 Å². The molecule has 0 aliphatic carbocycles. The van der Waals surface area contributed by atoms with Crippen molar-refractivity contribution in [2.24, 2.45) is 0 Å². The molecule has 4 nitrogen and oxygen atoms in total. The van der Waals surface area contributed by atoms with Gasteiger partial charge in [0.1, 0.15) is 18.4 Å². The predicted molar refractivity (Wildman–Crippen MR) is 116 cm³/mol. The molecule has 1 heterocycles. The Kier molecular flexibility index (Phi) is 9.96. The third-order valence-corrected chi connectivity index (χ3v) is 5.66. The number of carbonyl (C=O) groups excluding carboxylic acids is 1. The highest BCUT2D eigenvalue weighted by Crippen LogP contribution is 2.13. The Morgan fingerprint density at radius 2 is 1.55 bits per heavy atom. The number of aromatic carboxylic acids is 1. The van der Waals surface area contributed by atoms with Crippen molar-refractivity contribution in [2.75, 3.05) is 0 Å². The molecule has 0 spiro atoms. The standard InChI is InChI=1S/C25H38N2O2/c1-4-6-7-8-9-10-11-12-13-24-26(19-21(3)27(24)18-5-2)20-22-14-16-23(17-15-22)25(28)29/h14-17,19H,4-13,18,20H2,1-3H3. The molecule has 0 atom stereocenters. The van der Waals surface area contributed by atoms with Crippen molar-refractivity contribution in [3.05, 3.63) is 53.1 Å². The molecule has 2 rings (SSSR count). The number of rotatable bonds is 14. The van der Waals surface area contributed by atoms with Crippen LogP contribution in [0, 0.1) is 6.92 Å². The normalized spacial score (nSPS) is 11.1. The number of benzene rings is 1. The van der Waals surface area contributed by atoms with Crippen LogP contribution in [-0.2, 0) is 19.5 Å². The number of hydrogen-bond acceptors (Lipinski definition) is 2. The van der Waals surface area contributed by atoms with Crippen LogP contribution in [0.25, 0.3) is 0 Å². The number of carbonyl (C=O) groups is 1. The molecular weight excluding hydrogens is 360 g/mol. The van der Waals surface area contributed by atoms with E-state index in [1.54, 1.807) is 12.1 Å². The monoisotopic (exact) mass is 398 g/mol. The molecule has 0 radical (unpaired) electrons. The van der Waals surface area contributed by atoms with Gasteiger partial charge in [0.15, 0.2) is 0 Å². The van der Waals surface area contributed by atoms with Gasteiger partial charge >= 0.3 is 0 Å². The first-order valence-corrected chi connectivity index (χ1v) is 11.5. The number of hydrogen-bond donors (Lipinski definition) is 0. The maximum Gasteiger partial charge on any atom is 0.256 e. The van der Waals surface area contributed by atoms with Crippen molar-refractivity contribution in [3.8, 4) is 0 Å². The predicted octanol–water partition coefficient (Wildman–Crippen LogP) is 4.59. The van der Waals surface area contributed by atoms with E-state index in [0.717, 1.165) is 31.5 Å². The Bertz CT molecular complexity index is 747. The van der Waals surface area contributed by atoms with Crippen molar-refractivity contribution in [2.45, 2.75) is 98.1 Å². The summed E-state index contributed by atoms with van der Waals surface area (Å²) in [5.74, 6) is 0.267. The number of aryl methyl sites for hydroxylation is 1. The second-order valence-electron chi connectivity index (χ2n) is 8.18. The molecule has 0 fully saturated rings. The van der Waals surface area contributed by atoms with Gasteiger partial charge in [-0.2, -0.15) is 0 Å². The number of unbranched alkanes of at least 4 members (excludes halogenated alkanes) is 7. The molecule has 1 aromatic heterocycles. The van der Waals surface area contributed by atoms with Crippen LogP contribution in [0.3, 0.4) is 0 Å². The van der Waals surface area contributed by atoms with Gasteiger partial charge < -0.3 is 9.90 Å². The Morgan fingerprint density at radius 1 is 0.931 bits per heavy atom. The minimum Gasteiger partial charge on any atom is -0.545 e. The van der Waals surface area contributed by atoms with Gasteiger partial charge in [-0.1, -0.05) is 83.1 Å². The summed E-state index contributed by atoms with van der Waals surface area (Å²) in [7, 11) is 0. The van der Waals surface area contributed by atoms with Gasteiger partial charge in [0.05, 0.1) is 12.5 Å². The van der Waals surface area contributed by atoms with Gasteiger partial charge in [-0.05, 0) is 24.0 Å². The van der Waals surface area contributed by atoms with E-state index in [4.69, 9.17) is 0 Å². The zero-order valence-corrected chi connectivity index (χ0v) is 18.6. The van der Waals surface area contributed by atoms with Crippen LogP contribution in [0.2, 0.25) is 0 Å². The van der Waals surface area contributed by atoms with E-state index in [1.807, 2.05) is 12.1 Å². The zero-order chi connectivity index (χ0) is 21.1. The first-order valence-electron chi connectivity index (χ1n) is 11.5. The molecule has 0 saturated carbocycles. The average molecular weight is 399 g/mol. The SMILES string of the molecule is CCCCCCCCCCc1n(CCC)c(C)c[n+]1Cc1ccc(C(=O)[O-])cc1. The van der Waals surface area contributed by atoms with Crippen LogP contribution < -0.4 is 9.67 Å². The summed E-state index contributed by atoms with van der Waals surface area (Å²) >= 11 is 0. The molecule has 1 aromatic carbocycles. The summed E-state index contributed by atoms with van der Waals surface area (Å²) in [4.78, 5) is 11.0. The number of carboxylic acids is 1. The van der Waals surface area contributed by atoms with E-state index >= 15 is 0 Å². The molecule has 0 amide bonds. The summed E-state index contributed by atoms with van der Waals surface area (Å²) in [6, 6.07) is 7.06. The molecule has 0 aliphatic heterocycles. The second-order valence-corrected chi connectivity index (χ2v) is 8.18. The van der Waals surface area contributed by atoms with Gasteiger partial charge in [0.2, 0.25) is 0 Å². The third kappa shape index (κ3) is 7.34. The van der Waals surface area contributed by atoms with E-state index in [1.165, 1.54) is 62.9 Å². The molecule has 0 N–H and O–H groups in total. The fraction of sp³-hybridized carbons (Fsp3) is 0.600. The van der Waals surface area contributed by atoms with Crippen molar-refractivity contribution in [3.63, 3.8) is 0 Å². The van der Waals surface area contributed by atoms with Crippen LogP contribution in [-0.4, -0.2) is 10.5 Å². The Balaban J connectivity index is 1.98. The minimum atomic E-state index is -1.12. The number of nitrogens with zero attached hydrogens (tertiary/aromatic N) is 2. The molecule has 4 heteroatoms. The van der Waals surface area contributed by atoms with Gasteiger partial charge in [0.25, 0.3) is 5.82 Å². The van der Waals surface area contributed by atoms with Crippen molar-refractivity contribution >= 4 is 5.97 Å². The summed E-state index contributed by atoms with van der Waals surface area (Å²) in [5.41, 5.74) is 2.65. The molecule has 0 saturated heterocycles. The van der Waals surface area contributed by atoms with E-state index in [2.05, 4.69) is 36.1 Å². The Morgan fingerprint density at radius 3 is 2.14 bits per heavy atom. The molecule has 2 aromatic rings. The number of imidazole rings is 1. The van der Waals surface area contributed by atoms with Crippen LogP contribution >= 0.6 is 0 Å². The molecule has 0 bridgehead atoms. The minimum absolute atomic E-state index is 0.234. The first-order chi connectivity index (χ1) is 14.1. The quantitative estimate of drug-likeness (QED) is 0.345. The topological polar surface area (TPSA) is 48.9 Å². The van der Waals surface area contributed by atoms with E-state index < -0.39 is 5.97 Å². The molecule has 0 unspecified atom stereocenters. The third-order valence-electron chi connectivity index (χ3n) is 5.66. The highest BCUT2D eigenvalue weighted by molar-refractivity contribution is 5.85. The van der Waals surface area contributed by atoms with Crippen molar-refractivity contribution in [1.29, 1.82) is 0 Å². The lowest BCUT2D eigenvalue weighted by atomic mass is 10.1. The van der Waals surface area contributed by atoms with E-state index in [-0.39, 0.29) is 5.56 Å². The van der Waals surface area contributed by atoms with E-state index in [9.17, 15) is 9.90 Å². The van der Waals surface area contributed by atoms with Crippen LogP contribution in [0.4, 0.5) is 0 Å². The maximum atomic E-state index is 11.0. The summed E-state index contributed by atoms with van der Waals surface area (Å²) in [5, 5.41) is 11.0. The molecular formula is C25H38N2O2. The van der Waals surface area contributed by atoms with Crippen molar-refractivity contribution < 1.29 is 14.5 Å². The van der Waals surface area contributed by atoms with Gasteiger partial charge in [0, 0.05) is 13.3 Å². The number of aromatic nitrogens is 2. The molecule has 0 aliphatic rings. The van der Waals surface area contributed by atoms with Gasteiger partial charge in [-0.3, -0.25) is 0 Å². The fourth-order valence-electron chi connectivity index (χ4n) is 4.03. The highest BCUT2D eigenvalue weighted by atomic mass is 16.4. The Hall–Kier alpha value is -2.10. The number of carboxylic acid groups (broad SMARTS) is 1. The van der Waals surface area contributed by atoms with Gasteiger partial charge in [-0.15, -0.1) is 0 Å². The average Bonchev–Trinajstić information content (AvgIpc) is 2.99. The Labute approximate surface area is 176 Å². The lowest BCUT2D eigenvalue weighted by molar-refractivity contribution is -0.695. The lowest BCUT2D eigenvalue weighted by Crippen LogP contribution is -2.38. The fourth-order valence-corrected chi connectivity index (χ4v) is 4.03. The summed E-state index contributed by atoms with van der Waals surface area (Å²) in [6.07, 6.45) is 15.1. The maximum absolute atomic E-state index is 11.0. The lowest BCUT2D eigenvalue weighted by Gasteiger charge is -2.07. The van der Waals surface area contributed by atoms with Crippen LogP contribution in [0.15, 0.2) is 30.5 Å². The largest absolute Gasteiger partial charge is 0.545 e. The molecule has 160 valence electrons.